The van der Waals surface area contributed by atoms with Crippen molar-refractivity contribution < 1.29 is 26.3 Å². The minimum absolute atomic E-state index is 0.0482. The second-order valence-corrected chi connectivity index (χ2v) is 12.2. The third-order valence-electron chi connectivity index (χ3n) is 3.41. The van der Waals surface area contributed by atoms with Crippen molar-refractivity contribution in [2.24, 2.45) is 0 Å². The number of hydrogen-bond donors (Lipinski definition) is 0. The summed E-state index contributed by atoms with van der Waals surface area (Å²) in [6.45, 7) is 4.21. The van der Waals surface area contributed by atoms with Crippen LogP contribution in [-0.2, 0) is 20.9 Å². The van der Waals surface area contributed by atoms with Crippen LogP contribution in [0.25, 0.3) is 0 Å². The monoisotopic (exact) mass is 459 g/mol. The van der Waals surface area contributed by atoms with Crippen LogP contribution in [0.4, 0.5) is 19.0 Å². The minimum Gasteiger partial charge on any atom is -0.360 e. The fourth-order valence-electron chi connectivity index (χ4n) is 1.95. The smallest absolute Gasteiger partial charge is 0.360 e. The van der Waals surface area contributed by atoms with Gasteiger partial charge in [-0.1, -0.05) is 24.7 Å². The predicted octanol–water partition coefficient (Wildman–Crippen LogP) is 3.87. The molecule has 0 atom stereocenters. The molecule has 13 heteroatoms. The van der Waals surface area contributed by atoms with Gasteiger partial charge in [0.05, 0.1) is 16.1 Å². The number of aromatic nitrogens is 2. The summed E-state index contributed by atoms with van der Waals surface area (Å²) in [7, 11) is -5.32. The summed E-state index contributed by atoms with van der Waals surface area (Å²) in [5.74, 6) is 0.0482. The molecule has 0 aliphatic rings. The maximum Gasteiger partial charge on any atom is 0.418 e. The van der Waals surface area contributed by atoms with Crippen molar-refractivity contribution in [1.29, 1.82) is 0 Å². The zero-order valence-electron chi connectivity index (χ0n) is 14.4. The van der Waals surface area contributed by atoms with Crippen LogP contribution in [0.5, 0.6) is 0 Å². The van der Waals surface area contributed by atoms with Crippen LogP contribution < -0.4 is 4.31 Å². The molecule has 0 saturated heterocycles. The van der Waals surface area contributed by atoms with E-state index < -0.39 is 40.6 Å². The number of pyridine rings is 1. The number of anilines is 1. The molecule has 0 aromatic carbocycles. The maximum absolute atomic E-state index is 13.1. The Balaban J connectivity index is 2.36. The molecule has 0 saturated carbocycles. The van der Waals surface area contributed by atoms with Gasteiger partial charge in [0.2, 0.25) is 0 Å². The van der Waals surface area contributed by atoms with Gasteiger partial charge in [-0.2, -0.15) is 21.6 Å². The molecule has 27 heavy (non-hydrogen) atoms. The van der Waals surface area contributed by atoms with Gasteiger partial charge in [0.15, 0.2) is 10.8 Å². The van der Waals surface area contributed by atoms with Crippen molar-refractivity contribution in [1.82, 2.24) is 9.97 Å². The number of sulfonamides is 1. The largest absolute Gasteiger partial charge is 0.418 e. The van der Waals surface area contributed by atoms with Gasteiger partial charge in [-0.25, -0.2) is 14.3 Å². The van der Waals surface area contributed by atoms with E-state index in [0.29, 0.717) is 18.9 Å². The van der Waals surface area contributed by atoms with E-state index in [1.165, 1.54) is 10.9 Å². The first-order valence-electron chi connectivity index (χ1n) is 7.75. The average Bonchev–Trinajstić information content (AvgIpc) is 3.07. The first kappa shape index (κ1) is 22.1. The molecule has 0 N–H and O–H groups in total. The minimum atomic E-state index is -4.81. The van der Waals surface area contributed by atoms with E-state index in [1.807, 2.05) is 0 Å². The third kappa shape index (κ3) is 5.64. The molecule has 0 aliphatic heterocycles. The Bertz CT molecular complexity index is 864. The quantitative estimate of drug-likeness (QED) is 0.340. The van der Waals surface area contributed by atoms with Crippen molar-refractivity contribution in [3.63, 3.8) is 0 Å². The lowest BCUT2D eigenvalue weighted by molar-refractivity contribution is -0.137. The number of halogens is 4. The second-order valence-electron chi connectivity index (χ2n) is 5.92. The lowest BCUT2D eigenvalue weighted by Crippen LogP contribution is -2.34. The normalized spacial score (nSPS) is 12.6. The summed E-state index contributed by atoms with van der Waals surface area (Å²) >= 11 is 6.67. The summed E-state index contributed by atoms with van der Waals surface area (Å²) in [6, 6.07) is 1.25. The van der Waals surface area contributed by atoms with Crippen LogP contribution >= 0.6 is 22.9 Å². The molecule has 2 aromatic rings. The highest BCUT2D eigenvalue weighted by Gasteiger charge is 2.36. The van der Waals surface area contributed by atoms with Gasteiger partial charge in [0.25, 0.3) is 10.0 Å². The number of nitrogens with zero attached hydrogens (tertiary/aromatic N) is 3. The van der Waals surface area contributed by atoms with Gasteiger partial charge in [0, 0.05) is 27.0 Å². The van der Waals surface area contributed by atoms with E-state index >= 15 is 0 Å². The molecule has 2 rings (SSSR count). The summed E-state index contributed by atoms with van der Waals surface area (Å²) in [5, 5.41) is -0.00698. The predicted molar refractivity (Wildman–Crippen MR) is 101 cm³/mol. The van der Waals surface area contributed by atoms with Gasteiger partial charge in [-0.15, -0.1) is 11.3 Å². The van der Waals surface area contributed by atoms with Crippen LogP contribution in [-0.4, -0.2) is 40.5 Å². The summed E-state index contributed by atoms with van der Waals surface area (Å²) in [5.41, 5.74) is 0.137. The topological polar surface area (TPSA) is 72.4 Å². The summed E-state index contributed by atoms with van der Waals surface area (Å²) in [4.78, 5) is 7.51. The molecule has 0 unspecified atom stereocenters. The zero-order chi connectivity index (χ0) is 20.2. The van der Waals surface area contributed by atoms with Gasteiger partial charge >= 0.3 is 6.18 Å². The fraction of sp³-hybridized carbons (Fsp3) is 0.429. The Morgan fingerprint density at radius 1 is 1.33 bits per heavy atom. The van der Waals surface area contributed by atoms with Gasteiger partial charge in [-0.3, -0.25) is 0 Å². The van der Waals surface area contributed by atoms with Crippen LogP contribution in [0.15, 0.2) is 28.2 Å². The van der Waals surface area contributed by atoms with Crippen molar-refractivity contribution in [2.75, 3.05) is 17.6 Å². The van der Waals surface area contributed by atoms with Gasteiger partial charge in [-0.05, 0) is 12.1 Å². The standard InChI is InChI=1S/C14H17ClF3N3O3S2Si/c1-27(2)4-3-24-9-21(12-7-25-8-20-12)26(22,23)13-5-10(14(16,17)18)11(15)6-19-13/h5-8,27H,3-4,9H2,1-2H3. The second kappa shape index (κ2) is 8.86. The molecule has 0 bridgehead atoms. The Morgan fingerprint density at radius 3 is 2.59 bits per heavy atom. The van der Waals surface area contributed by atoms with Gasteiger partial charge in [0.1, 0.15) is 6.73 Å². The number of ether oxygens (including phenoxy) is 1. The van der Waals surface area contributed by atoms with E-state index in [1.54, 1.807) is 0 Å². The zero-order valence-corrected chi connectivity index (χ0v) is 17.9. The molecule has 0 fully saturated rings. The maximum atomic E-state index is 13.1. The van der Waals surface area contributed by atoms with Crippen molar-refractivity contribution in [3.8, 4) is 0 Å². The van der Waals surface area contributed by atoms with Crippen LogP contribution in [0.2, 0.25) is 24.2 Å². The SMILES string of the molecule is C[SiH](C)CCOCN(c1cscn1)S(=O)(=O)c1cc(C(F)(F)F)c(Cl)cn1. The Morgan fingerprint density at radius 2 is 2.04 bits per heavy atom. The lowest BCUT2D eigenvalue weighted by Gasteiger charge is -2.22. The Labute approximate surface area is 165 Å². The molecular formula is C14H17ClF3N3O3S2Si. The van der Waals surface area contributed by atoms with Crippen LogP contribution in [0, 0.1) is 0 Å². The molecule has 6 nitrogen and oxygen atoms in total. The number of thiazole rings is 1. The lowest BCUT2D eigenvalue weighted by atomic mass is 10.2. The van der Waals surface area contributed by atoms with Crippen LogP contribution in [0.3, 0.4) is 0 Å². The number of alkyl halides is 3. The summed E-state index contributed by atoms with van der Waals surface area (Å²) in [6.07, 6.45) is -4.14. The van der Waals surface area contributed by atoms with E-state index in [0.717, 1.165) is 21.7 Å². The molecule has 150 valence electrons. The molecule has 2 heterocycles. The number of rotatable bonds is 8. The van der Waals surface area contributed by atoms with E-state index in [2.05, 4.69) is 23.1 Å². The molecule has 0 aliphatic carbocycles. The van der Waals surface area contributed by atoms with Gasteiger partial charge < -0.3 is 4.74 Å². The van der Waals surface area contributed by atoms with Crippen molar-refractivity contribution in [3.05, 3.63) is 33.7 Å². The summed E-state index contributed by atoms with van der Waals surface area (Å²) < 4.78 is 71.2. The van der Waals surface area contributed by atoms with E-state index in [9.17, 15) is 21.6 Å². The third-order valence-corrected chi connectivity index (χ3v) is 7.30. The molecule has 0 amide bonds. The first-order chi connectivity index (χ1) is 12.5. The first-order valence-corrected chi connectivity index (χ1v) is 13.6. The highest BCUT2D eigenvalue weighted by atomic mass is 35.5. The van der Waals surface area contributed by atoms with Crippen LogP contribution in [0.1, 0.15) is 5.56 Å². The highest BCUT2D eigenvalue weighted by Crippen LogP contribution is 2.36. The highest BCUT2D eigenvalue weighted by molar-refractivity contribution is 7.92. The fourth-order valence-corrected chi connectivity index (χ4v) is 4.64. The average molecular weight is 460 g/mol. The molecule has 0 radical (unpaired) electrons. The van der Waals surface area contributed by atoms with E-state index in [-0.39, 0.29) is 12.5 Å². The van der Waals surface area contributed by atoms with Crippen molar-refractivity contribution >= 4 is 47.6 Å². The Hall–Kier alpha value is -1.21. The van der Waals surface area contributed by atoms with E-state index in [4.69, 9.17) is 16.3 Å². The Kier molecular flexibility index (Phi) is 7.25. The molecule has 2 aromatic heterocycles. The number of hydrogen-bond acceptors (Lipinski definition) is 6. The molecule has 0 spiro atoms. The molecular weight excluding hydrogens is 443 g/mol. The van der Waals surface area contributed by atoms with Crippen molar-refractivity contribution in [2.45, 2.75) is 30.3 Å².